The highest BCUT2D eigenvalue weighted by Gasteiger charge is 2.11. The minimum atomic E-state index is 0.482. The molecule has 0 radical (unpaired) electrons. The molecular formula is C12H16N4. The maximum atomic E-state index is 5.81. The van der Waals surface area contributed by atoms with Gasteiger partial charge in [0.2, 0.25) is 0 Å². The fourth-order valence-corrected chi connectivity index (χ4v) is 1.82. The molecule has 0 amide bonds. The maximum Gasteiger partial charge on any atom is 0.133 e. The van der Waals surface area contributed by atoms with E-state index in [9.17, 15) is 0 Å². The Bertz CT molecular complexity index is 460. The predicted molar refractivity (Wildman–Crippen MR) is 66.2 cm³/mol. The number of H-pyrrole nitrogens is 1. The summed E-state index contributed by atoms with van der Waals surface area (Å²) in [6.07, 6.45) is 3.72. The molecule has 3 N–H and O–H groups in total. The highest BCUT2D eigenvalue weighted by Crippen LogP contribution is 2.27. The van der Waals surface area contributed by atoms with Crippen LogP contribution in [0, 0.1) is 0 Å². The summed E-state index contributed by atoms with van der Waals surface area (Å²) < 4.78 is 0. The molecule has 0 bridgehead atoms. The van der Waals surface area contributed by atoms with Gasteiger partial charge in [-0.1, -0.05) is 0 Å². The van der Waals surface area contributed by atoms with Crippen molar-refractivity contribution >= 4 is 5.82 Å². The Hall–Kier alpha value is -1.81. The quantitative estimate of drug-likeness (QED) is 0.819. The molecule has 2 rings (SSSR count). The molecule has 2 aromatic rings. The molecular weight excluding hydrogens is 200 g/mol. The second kappa shape index (κ2) is 4.37. The second-order valence-electron chi connectivity index (χ2n) is 3.84. The first kappa shape index (κ1) is 10.7. The lowest BCUT2D eigenvalue weighted by Crippen LogP contribution is -2.15. The molecule has 84 valence electrons. The molecule has 0 unspecified atom stereocenters. The lowest BCUT2D eigenvalue weighted by molar-refractivity contribution is 0.987. The van der Waals surface area contributed by atoms with Gasteiger partial charge in [-0.25, -0.2) is 4.98 Å². The third kappa shape index (κ3) is 1.79. The van der Waals surface area contributed by atoms with Crippen LogP contribution in [0.2, 0.25) is 0 Å². The van der Waals surface area contributed by atoms with Crippen LogP contribution >= 0.6 is 0 Å². The van der Waals surface area contributed by atoms with Gasteiger partial charge in [0, 0.05) is 49.9 Å². The summed E-state index contributed by atoms with van der Waals surface area (Å²) >= 11 is 0. The smallest absolute Gasteiger partial charge is 0.133 e. The van der Waals surface area contributed by atoms with Crippen molar-refractivity contribution in [3.63, 3.8) is 0 Å². The molecule has 4 nitrogen and oxygen atoms in total. The third-order valence-corrected chi connectivity index (χ3v) is 2.55. The molecule has 2 heterocycles. The predicted octanol–water partition coefficient (Wildman–Crippen LogP) is 1.60. The maximum absolute atomic E-state index is 5.81. The average molecular weight is 216 g/mol. The van der Waals surface area contributed by atoms with E-state index in [2.05, 4.69) is 9.97 Å². The van der Waals surface area contributed by atoms with Gasteiger partial charge in [-0.3, -0.25) is 0 Å². The summed E-state index contributed by atoms with van der Waals surface area (Å²) in [5.74, 6) is 0.926. The normalized spacial score (nSPS) is 10.4. The first-order valence-electron chi connectivity index (χ1n) is 5.23. The van der Waals surface area contributed by atoms with Gasteiger partial charge in [0.05, 0.1) is 0 Å². The number of aromatic nitrogens is 2. The van der Waals surface area contributed by atoms with E-state index in [-0.39, 0.29) is 0 Å². The minimum absolute atomic E-state index is 0.482. The lowest BCUT2D eigenvalue weighted by atomic mass is 10.1. The number of hydrogen-bond acceptors (Lipinski definition) is 3. The van der Waals surface area contributed by atoms with Crippen molar-refractivity contribution in [2.75, 3.05) is 19.0 Å². The van der Waals surface area contributed by atoms with Crippen molar-refractivity contribution in [2.45, 2.75) is 6.54 Å². The summed E-state index contributed by atoms with van der Waals surface area (Å²) in [5, 5.41) is 0. The van der Waals surface area contributed by atoms with E-state index in [0.29, 0.717) is 6.54 Å². The van der Waals surface area contributed by atoms with Crippen LogP contribution in [0.15, 0.2) is 30.6 Å². The summed E-state index contributed by atoms with van der Waals surface area (Å²) in [6, 6.07) is 6.00. The van der Waals surface area contributed by atoms with Gasteiger partial charge in [0.1, 0.15) is 5.82 Å². The van der Waals surface area contributed by atoms with Gasteiger partial charge < -0.3 is 15.6 Å². The summed E-state index contributed by atoms with van der Waals surface area (Å²) in [6.45, 7) is 0.482. The molecule has 0 spiro atoms. The molecule has 0 atom stereocenters. The standard InChI is InChI=1S/C12H16N4/c1-16(2)12-10(8-13)9(5-7-15-12)11-4-3-6-14-11/h3-7,14H,8,13H2,1-2H3. The Morgan fingerprint density at radius 1 is 1.38 bits per heavy atom. The van der Waals surface area contributed by atoms with Crippen molar-refractivity contribution < 1.29 is 0 Å². The van der Waals surface area contributed by atoms with Crippen LogP contribution in [0.3, 0.4) is 0 Å². The fraction of sp³-hybridized carbons (Fsp3) is 0.250. The summed E-state index contributed by atoms with van der Waals surface area (Å²) in [5.41, 5.74) is 9.07. The molecule has 0 aliphatic heterocycles. The van der Waals surface area contributed by atoms with Gasteiger partial charge in [0.25, 0.3) is 0 Å². The number of rotatable bonds is 3. The van der Waals surface area contributed by atoms with Gasteiger partial charge in [-0.05, 0) is 18.2 Å². The zero-order valence-electron chi connectivity index (χ0n) is 9.57. The van der Waals surface area contributed by atoms with Crippen LogP contribution in [0.5, 0.6) is 0 Å². The van der Waals surface area contributed by atoms with Gasteiger partial charge in [0.15, 0.2) is 0 Å². The Morgan fingerprint density at radius 3 is 2.75 bits per heavy atom. The second-order valence-corrected chi connectivity index (χ2v) is 3.84. The first-order chi connectivity index (χ1) is 7.74. The first-order valence-corrected chi connectivity index (χ1v) is 5.23. The van der Waals surface area contributed by atoms with Crippen LogP contribution in [0.1, 0.15) is 5.56 Å². The number of anilines is 1. The fourth-order valence-electron chi connectivity index (χ4n) is 1.82. The van der Waals surface area contributed by atoms with Crippen molar-refractivity contribution in [3.8, 4) is 11.3 Å². The average Bonchev–Trinajstić information content (AvgIpc) is 2.81. The summed E-state index contributed by atoms with van der Waals surface area (Å²) in [4.78, 5) is 9.52. The van der Waals surface area contributed by atoms with E-state index in [1.807, 2.05) is 49.6 Å². The number of nitrogens with zero attached hydrogens (tertiary/aromatic N) is 2. The van der Waals surface area contributed by atoms with Crippen LogP contribution in [-0.4, -0.2) is 24.1 Å². The molecule has 0 saturated carbocycles. The number of nitrogens with two attached hydrogens (primary N) is 1. The monoisotopic (exact) mass is 216 g/mol. The Labute approximate surface area is 95.1 Å². The zero-order valence-corrected chi connectivity index (χ0v) is 9.57. The molecule has 0 fully saturated rings. The van der Waals surface area contributed by atoms with Crippen LogP contribution in [0.25, 0.3) is 11.3 Å². The topological polar surface area (TPSA) is 57.9 Å². The molecule has 2 aromatic heterocycles. The van der Waals surface area contributed by atoms with Crippen LogP contribution in [-0.2, 0) is 6.54 Å². The van der Waals surface area contributed by atoms with Crippen molar-refractivity contribution in [3.05, 3.63) is 36.2 Å². The van der Waals surface area contributed by atoms with E-state index in [0.717, 1.165) is 22.6 Å². The van der Waals surface area contributed by atoms with Gasteiger partial charge in [-0.2, -0.15) is 0 Å². The third-order valence-electron chi connectivity index (χ3n) is 2.55. The highest BCUT2D eigenvalue weighted by molar-refractivity contribution is 5.69. The van der Waals surface area contributed by atoms with Crippen molar-refractivity contribution in [1.82, 2.24) is 9.97 Å². The van der Waals surface area contributed by atoms with Crippen molar-refractivity contribution in [1.29, 1.82) is 0 Å². The Kier molecular flexibility index (Phi) is 2.92. The lowest BCUT2D eigenvalue weighted by Gasteiger charge is -2.17. The molecule has 4 heteroatoms. The SMILES string of the molecule is CN(C)c1nccc(-c2ccc[nH]2)c1CN. The number of pyridine rings is 1. The van der Waals surface area contributed by atoms with E-state index < -0.39 is 0 Å². The van der Waals surface area contributed by atoms with E-state index in [4.69, 9.17) is 5.73 Å². The minimum Gasteiger partial charge on any atom is -0.362 e. The Morgan fingerprint density at radius 2 is 2.19 bits per heavy atom. The molecule has 0 saturated heterocycles. The van der Waals surface area contributed by atoms with Crippen molar-refractivity contribution in [2.24, 2.45) is 5.73 Å². The van der Waals surface area contributed by atoms with Crippen LogP contribution in [0.4, 0.5) is 5.82 Å². The number of hydrogen-bond donors (Lipinski definition) is 2. The highest BCUT2D eigenvalue weighted by atomic mass is 15.1. The van der Waals surface area contributed by atoms with Gasteiger partial charge in [-0.15, -0.1) is 0 Å². The molecule has 0 aromatic carbocycles. The van der Waals surface area contributed by atoms with Gasteiger partial charge >= 0.3 is 0 Å². The van der Waals surface area contributed by atoms with E-state index in [1.54, 1.807) is 0 Å². The summed E-state index contributed by atoms with van der Waals surface area (Å²) in [7, 11) is 3.94. The van der Waals surface area contributed by atoms with E-state index in [1.165, 1.54) is 0 Å². The van der Waals surface area contributed by atoms with E-state index >= 15 is 0 Å². The Balaban J connectivity index is 2.58. The number of nitrogens with one attached hydrogen (secondary N) is 1. The molecule has 0 aliphatic rings. The van der Waals surface area contributed by atoms with Crippen LogP contribution < -0.4 is 10.6 Å². The number of aromatic amines is 1. The molecule has 0 aliphatic carbocycles. The molecule has 16 heavy (non-hydrogen) atoms. The zero-order chi connectivity index (χ0) is 11.5. The largest absolute Gasteiger partial charge is 0.362 e.